The quantitative estimate of drug-likeness (QED) is 0.217. The van der Waals surface area contributed by atoms with E-state index in [9.17, 15) is 31.0 Å². The number of pyridine rings is 1. The summed E-state index contributed by atoms with van der Waals surface area (Å²) in [6.45, 7) is 3.60. The number of alkyl halides is 5. The van der Waals surface area contributed by atoms with E-state index in [0.29, 0.717) is 48.9 Å². The van der Waals surface area contributed by atoms with Gasteiger partial charge in [0.05, 0.1) is 6.10 Å². The molecule has 0 radical (unpaired) electrons. The van der Waals surface area contributed by atoms with Crippen molar-refractivity contribution in [2.24, 2.45) is 23.2 Å². The molecule has 276 valence electrons. The van der Waals surface area contributed by atoms with Gasteiger partial charge in [-0.25, -0.2) is 4.79 Å². The van der Waals surface area contributed by atoms with Crippen molar-refractivity contribution >= 4 is 16.9 Å². The van der Waals surface area contributed by atoms with Crippen LogP contribution in [-0.4, -0.2) is 70.1 Å². The van der Waals surface area contributed by atoms with Gasteiger partial charge in [-0.2, -0.15) is 22.0 Å². The van der Waals surface area contributed by atoms with Gasteiger partial charge in [-0.3, -0.25) is 9.19 Å². The molecule has 1 amide bonds. The number of carbonyl (C=O) groups excluding carboxylic acids is 1. The third-order valence-electron chi connectivity index (χ3n) is 12.4. The van der Waals surface area contributed by atoms with E-state index < -0.39 is 35.7 Å². The Morgan fingerprint density at radius 1 is 1.00 bits per heavy atom. The fraction of sp³-hybridized carbons (Fsp3) is 0.684. The van der Waals surface area contributed by atoms with Gasteiger partial charge in [-0.15, -0.1) is 0 Å². The second-order valence-corrected chi connectivity index (χ2v) is 16.9. The molecule has 2 aromatic rings. The minimum Gasteiger partial charge on any atom is -0.410 e. The van der Waals surface area contributed by atoms with Crippen LogP contribution in [0.5, 0.6) is 5.75 Å². The fourth-order valence-electron chi connectivity index (χ4n) is 9.85. The highest BCUT2D eigenvalue weighted by Gasteiger charge is 2.58. The number of fused-ring (bicyclic) bond motifs is 5. The summed E-state index contributed by atoms with van der Waals surface area (Å²) < 4.78 is 89.0. The monoisotopic (exact) mass is 724 g/mol. The molecule has 1 aliphatic heterocycles. The Balaban J connectivity index is 1.11. The van der Waals surface area contributed by atoms with Crippen molar-refractivity contribution in [1.29, 1.82) is 0 Å². The largest absolute Gasteiger partial charge is 0.453 e. The number of ether oxygens (including phenoxy) is 2. The number of benzene rings is 1. The van der Waals surface area contributed by atoms with Crippen LogP contribution in [0.25, 0.3) is 0 Å². The maximum atomic E-state index is 13.3. The lowest BCUT2D eigenvalue weighted by Crippen LogP contribution is -2.47. The number of carbonyl (C=O) groups is 1. The van der Waals surface area contributed by atoms with Crippen LogP contribution in [0.3, 0.4) is 0 Å². The third-order valence-corrected chi connectivity index (χ3v) is 13.9. The molecule has 2 heterocycles. The van der Waals surface area contributed by atoms with E-state index in [1.165, 1.54) is 16.7 Å². The highest BCUT2D eigenvalue weighted by atomic mass is 32.2. The number of halogens is 5. The molecule has 0 spiro atoms. The van der Waals surface area contributed by atoms with Gasteiger partial charge in [-0.1, -0.05) is 13.0 Å². The first-order valence-electron chi connectivity index (χ1n) is 18.1. The predicted molar refractivity (Wildman–Crippen MR) is 182 cm³/mol. The predicted octanol–water partition coefficient (Wildman–Crippen LogP) is 9.06. The summed E-state index contributed by atoms with van der Waals surface area (Å²) in [7, 11) is 0.322. The molecule has 12 heteroatoms. The first-order valence-corrected chi connectivity index (χ1v) is 19.6. The van der Waals surface area contributed by atoms with Gasteiger partial charge in [0.25, 0.3) is 0 Å². The summed E-state index contributed by atoms with van der Waals surface area (Å²) in [5, 5.41) is 0. The van der Waals surface area contributed by atoms with Crippen LogP contribution in [-0.2, 0) is 22.0 Å². The Morgan fingerprint density at radius 3 is 2.42 bits per heavy atom. The molecule has 0 N–H and O–H groups in total. The Hall–Kier alpha value is -2.60. The molecular formula is C38H49F5N2O4S. The van der Waals surface area contributed by atoms with Crippen LogP contribution in [0, 0.1) is 23.2 Å². The van der Waals surface area contributed by atoms with Crippen molar-refractivity contribution in [2.45, 2.75) is 108 Å². The molecule has 3 fully saturated rings. The summed E-state index contributed by atoms with van der Waals surface area (Å²) in [5.41, 5.74) is 3.78. The van der Waals surface area contributed by atoms with Crippen LogP contribution in [0.1, 0.15) is 99.7 Å². The van der Waals surface area contributed by atoms with Gasteiger partial charge in [-0.05, 0) is 140 Å². The number of rotatable bonds is 11. The number of amides is 1. The highest BCUT2D eigenvalue weighted by molar-refractivity contribution is 7.84. The zero-order chi connectivity index (χ0) is 35.7. The van der Waals surface area contributed by atoms with Crippen LogP contribution in [0.15, 0.2) is 42.7 Å². The molecule has 50 heavy (non-hydrogen) atoms. The van der Waals surface area contributed by atoms with Crippen molar-refractivity contribution < 1.29 is 40.4 Å². The number of aromatic nitrogens is 1. The molecule has 2 saturated carbocycles. The lowest BCUT2D eigenvalue weighted by molar-refractivity contribution is -0.284. The average Bonchev–Trinajstić information content (AvgIpc) is 3.44. The summed E-state index contributed by atoms with van der Waals surface area (Å²) in [5.74, 6) is -2.26. The molecule has 3 aliphatic carbocycles. The molecule has 1 unspecified atom stereocenters. The number of hydrogen-bond donors (Lipinski definition) is 0. The minimum atomic E-state index is -5.59. The van der Waals surface area contributed by atoms with Crippen molar-refractivity contribution in [3.63, 3.8) is 0 Å². The topological polar surface area (TPSA) is 68.7 Å². The second kappa shape index (κ2) is 15.2. The summed E-state index contributed by atoms with van der Waals surface area (Å²) in [6.07, 6.45) is 4.16. The van der Waals surface area contributed by atoms with Crippen LogP contribution >= 0.6 is 0 Å². The number of piperidine rings is 1. The minimum absolute atomic E-state index is 0.0680. The van der Waals surface area contributed by atoms with E-state index in [0.717, 1.165) is 51.4 Å². The number of nitrogens with zero attached hydrogens (tertiary/aromatic N) is 2. The molecule has 1 aromatic carbocycles. The van der Waals surface area contributed by atoms with Crippen molar-refractivity contribution in [1.82, 2.24) is 9.88 Å². The molecule has 7 atom stereocenters. The smallest absolute Gasteiger partial charge is 0.410 e. The molecule has 1 aromatic heterocycles. The van der Waals surface area contributed by atoms with Gasteiger partial charge in [0.15, 0.2) is 0 Å². The van der Waals surface area contributed by atoms with Crippen LogP contribution in [0.2, 0.25) is 0 Å². The molecule has 1 saturated heterocycles. The lowest BCUT2D eigenvalue weighted by Gasteiger charge is -2.53. The number of likely N-dealkylation sites (tertiary alicyclic amines) is 1. The first-order chi connectivity index (χ1) is 23.8. The van der Waals surface area contributed by atoms with Crippen LogP contribution in [0.4, 0.5) is 26.7 Å². The first kappa shape index (κ1) is 37.2. The molecular weight excluding hydrogens is 675 g/mol. The summed E-state index contributed by atoms with van der Waals surface area (Å²) in [6, 6.07) is 10.1. The van der Waals surface area contributed by atoms with E-state index in [1.807, 2.05) is 24.3 Å². The average molecular weight is 725 g/mol. The Labute approximate surface area is 294 Å². The summed E-state index contributed by atoms with van der Waals surface area (Å²) in [4.78, 5) is 19.1. The SMILES string of the molecule is CO[C@H]1CC[C@H]2[C@@H]3[C@H](CCCS(=O)CCCC(F)(F)C(F)(F)F)Cc4cc(OC(=O)N5CCC(c6ccncc6)CC5)ccc4[C@H]3CC[C@]12C. The maximum absolute atomic E-state index is 13.3. The standard InChI is InChI=1S/C38H49F5N2O4S/c1-36-16-10-31-30-7-6-29(49-35(46)45-19-13-26(14-20-45)25-11-17-44-18-12-25)24-28(30)23-27(34(31)32(36)8-9-33(36)48-2)5-3-21-50(47)22-4-15-37(39,40)38(41,42)43/h6-7,11-12,17-18,24,26-27,31-34H,3-5,8-10,13-16,19-23H2,1-2H3/t27-,31-,32+,33+,34-,36+,50?/m1/s1. The lowest BCUT2D eigenvalue weighted by atomic mass is 9.52. The zero-order valence-corrected chi connectivity index (χ0v) is 29.8. The highest BCUT2D eigenvalue weighted by Crippen LogP contribution is 2.63. The van der Waals surface area contributed by atoms with Crippen LogP contribution < -0.4 is 4.74 Å². The van der Waals surface area contributed by atoms with E-state index in [-0.39, 0.29) is 35.0 Å². The second-order valence-electron chi connectivity index (χ2n) is 15.2. The van der Waals surface area contributed by atoms with E-state index >= 15 is 0 Å². The van der Waals surface area contributed by atoms with E-state index in [1.54, 1.807) is 24.4 Å². The molecule has 4 aliphatic rings. The van der Waals surface area contributed by atoms with Gasteiger partial charge < -0.3 is 14.4 Å². The molecule has 6 nitrogen and oxygen atoms in total. The van der Waals surface area contributed by atoms with E-state index in [2.05, 4.69) is 18.0 Å². The number of methoxy groups -OCH3 is 1. The van der Waals surface area contributed by atoms with Crippen molar-refractivity contribution in [3.8, 4) is 5.75 Å². The van der Waals surface area contributed by atoms with Gasteiger partial charge in [0, 0.05) is 61.3 Å². The van der Waals surface area contributed by atoms with Gasteiger partial charge in [0.2, 0.25) is 0 Å². The van der Waals surface area contributed by atoms with E-state index in [4.69, 9.17) is 9.47 Å². The molecule has 0 bridgehead atoms. The number of hydrogen-bond acceptors (Lipinski definition) is 5. The Morgan fingerprint density at radius 2 is 1.72 bits per heavy atom. The third kappa shape index (κ3) is 7.76. The molecule has 6 rings (SSSR count). The normalized spacial score (nSPS) is 29.2. The van der Waals surface area contributed by atoms with Crippen molar-refractivity contribution in [2.75, 3.05) is 31.7 Å². The Bertz CT molecular complexity index is 1500. The van der Waals surface area contributed by atoms with Gasteiger partial charge >= 0.3 is 18.2 Å². The van der Waals surface area contributed by atoms with Crippen molar-refractivity contribution in [3.05, 3.63) is 59.4 Å². The Kier molecular flexibility index (Phi) is 11.3. The fourth-order valence-corrected chi connectivity index (χ4v) is 11.0. The summed E-state index contributed by atoms with van der Waals surface area (Å²) >= 11 is 0. The maximum Gasteiger partial charge on any atom is 0.453 e. The van der Waals surface area contributed by atoms with Gasteiger partial charge in [0.1, 0.15) is 5.75 Å². The zero-order valence-electron chi connectivity index (χ0n) is 28.9.